The second kappa shape index (κ2) is 5.10. The summed E-state index contributed by atoms with van der Waals surface area (Å²) in [4.78, 5) is 11.7. The Kier molecular flexibility index (Phi) is 3.68. The van der Waals surface area contributed by atoms with Crippen LogP contribution in [0.25, 0.3) is 0 Å². The normalized spacial score (nSPS) is 11.4. The molecule has 0 unspecified atom stereocenters. The van der Waals surface area contributed by atoms with E-state index in [4.69, 9.17) is 9.52 Å². The lowest BCUT2D eigenvalue weighted by Gasteiger charge is -2.00. The summed E-state index contributed by atoms with van der Waals surface area (Å²) >= 11 is 1.22. The predicted molar refractivity (Wildman–Crippen MR) is 69.3 cm³/mol. The van der Waals surface area contributed by atoms with Crippen LogP contribution < -0.4 is 0 Å². The van der Waals surface area contributed by atoms with Gasteiger partial charge >= 0.3 is 5.97 Å². The van der Waals surface area contributed by atoms with Crippen LogP contribution in [-0.4, -0.2) is 25.7 Å². The second-order valence-corrected chi connectivity index (χ2v) is 6.86. The molecule has 0 amide bonds. The zero-order chi connectivity index (χ0) is 14.0. The number of carboxylic acids is 1. The molecule has 1 heterocycles. The first-order valence-electron chi connectivity index (χ1n) is 5.17. The maximum atomic E-state index is 11.3. The van der Waals surface area contributed by atoms with E-state index in [2.05, 4.69) is 0 Å². The first-order chi connectivity index (χ1) is 8.86. The topological polar surface area (TPSA) is 84.6 Å². The second-order valence-electron chi connectivity index (χ2n) is 3.77. The predicted octanol–water partition coefficient (Wildman–Crippen LogP) is 2.53. The van der Waals surface area contributed by atoms with E-state index in [1.54, 1.807) is 18.2 Å². The van der Waals surface area contributed by atoms with Crippen molar-refractivity contribution in [3.8, 4) is 0 Å². The van der Waals surface area contributed by atoms with Crippen LogP contribution in [0.2, 0.25) is 0 Å². The van der Waals surface area contributed by atoms with Gasteiger partial charge < -0.3 is 9.52 Å². The zero-order valence-corrected chi connectivity index (χ0v) is 11.5. The Morgan fingerprint density at radius 2 is 1.79 bits per heavy atom. The molecule has 0 atom stereocenters. The summed E-state index contributed by atoms with van der Waals surface area (Å²) in [7, 11) is -3.21. The highest BCUT2D eigenvalue weighted by molar-refractivity contribution is 7.99. The van der Waals surface area contributed by atoms with Crippen molar-refractivity contribution in [2.45, 2.75) is 14.9 Å². The first kappa shape index (κ1) is 13.7. The van der Waals surface area contributed by atoms with Crippen molar-refractivity contribution in [1.82, 2.24) is 0 Å². The summed E-state index contributed by atoms with van der Waals surface area (Å²) in [6, 6.07) is 9.21. The van der Waals surface area contributed by atoms with Crippen molar-refractivity contribution in [2.75, 3.05) is 6.26 Å². The van der Waals surface area contributed by atoms with Crippen molar-refractivity contribution in [2.24, 2.45) is 0 Å². The molecule has 0 spiro atoms. The number of furan rings is 1. The number of carbonyl (C=O) groups is 1. The molecule has 7 heteroatoms. The molecule has 0 saturated carbocycles. The summed E-state index contributed by atoms with van der Waals surface area (Å²) in [5.74, 6) is -1.26. The Balaban J connectivity index is 2.17. The van der Waals surface area contributed by atoms with E-state index in [-0.39, 0.29) is 10.7 Å². The Morgan fingerprint density at radius 1 is 1.16 bits per heavy atom. The van der Waals surface area contributed by atoms with Gasteiger partial charge in [-0.25, -0.2) is 13.2 Å². The molecule has 1 aromatic heterocycles. The minimum Gasteiger partial charge on any atom is -0.475 e. The largest absolute Gasteiger partial charge is 0.475 e. The SMILES string of the molecule is CS(=O)(=O)c1ccc(Sc2ccc(C(=O)O)o2)cc1. The van der Waals surface area contributed by atoms with E-state index < -0.39 is 15.8 Å². The Bertz CT molecular complexity index is 698. The molecule has 2 rings (SSSR count). The molecule has 1 N–H and O–H groups in total. The standard InChI is InChI=1S/C12H10O5S2/c1-19(15,16)9-4-2-8(3-5-9)18-11-7-6-10(17-11)12(13)14/h2-7H,1H3,(H,13,14). The minimum atomic E-state index is -3.21. The summed E-state index contributed by atoms with van der Waals surface area (Å²) in [5.41, 5.74) is 0. The van der Waals surface area contributed by atoms with Crippen molar-refractivity contribution < 1.29 is 22.7 Å². The van der Waals surface area contributed by atoms with Crippen molar-refractivity contribution in [3.05, 3.63) is 42.2 Å². The number of benzene rings is 1. The smallest absolute Gasteiger partial charge is 0.371 e. The van der Waals surface area contributed by atoms with Gasteiger partial charge in [0.15, 0.2) is 14.9 Å². The number of aromatic carboxylic acids is 1. The quantitative estimate of drug-likeness (QED) is 0.933. The fourth-order valence-corrected chi connectivity index (χ4v) is 2.76. The van der Waals surface area contributed by atoms with Crippen molar-refractivity contribution >= 4 is 27.6 Å². The van der Waals surface area contributed by atoms with Crippen LogP contribution in [0.3, 0.4) is 0 Å². The number of carboxylic acid groups (broad SMARTS) is 1. The molecular weight excluding hydrogens is 288 g/mol. The lowest BCUT2D eigenvalue weighted by molar-refractivity contribution is 0.0656. The Morgan fingerprint density at radius 3 is 2.26 bits per heavy atom. The van der Waals surface area contributed by atoms with Crippen LogP contribution >= 0.6 is 11.8 Å². The van der Waals surface area contributed by atoms with E-state index in [1.165, 1.54) is 30.0 Å². The molecule has 0 bridgehead atoms. The van der Waals surface area contributed by atoms with E-state index in [1.807, 2.05) is 0 Å². The summed E-state index contributed by atoms with van der Waals surface area (Å²) in [5, 5.41) is 9.16. The van der Waals surface area contributed by atoms with Gasteiger partial charge in [-0.05, 0) is 36.4 Å². The molecule has 19 heavy (non-hydrogen) atoms. The summed E-state index contributed by atoms with van der Waals surface area (Å²) < 4.78 is 27.7. The van der Waals surface area contributed by atoms with Crippen LogP contribution in [0, 0.1) is 0 Å². The van der Waals surface area contributed by atoms with Crippen LogP contribution in [-0.2, 0) is 9.84 Å². The molecule has 0 fully saturated rings. The fraction of sp³-hybridized carbons (Fsp3) is 0.0833. The Hall–Kier alpha value is -1.73. The third-order valence-corrected chi connectivity index (χ3v) is 4.32. The first-order valence-corrected chi connectivity index (χ1v) is 7.88. The highest BCUT2D eigenvalue weighted by Gasteiger charge is 2.11. The molecule has 5 nitrogen and oxygen atoms in total. The van der Waals surface area contributed by atoms with Gasteiger partial charge in [0.25, 0.3) is 0 Å². The highest BCUT2D eigenvalue weighted by atomic mass is 32.2. The molecule has 100 valence electrons. The van der Waals surface area contributed by atoms with Gasteiger partial charge in [-0.2, -0.15) is 0 Å². The zero-order valence-electron chi connectivity index (χ0n) is 9.86. The van der Waals surface area contributed by atoms with E-state index in [9.17, 15) is 13.2 Å². The van der Waals surface area contributed by atoms with E-state index in [0.29, 0.717) is 5.09 Å². The van der Waals surface area contributed by atoms with Crippen LogP contribution in [0.4, 0.5) is 0 Å². The molecule has 0 saturated heterocycles. The average molecular weight is 298 g/mol. The van der Waals surface area contributed by atoms with Crippen molar-refractivity contribution in [1.29, 1.82) is 0 Å². The number of hydrogen-bond donors (Lipinski definition) is 1. The van der Waals surface area contributed by atoms with Gasteiger partial charge in [0.2, 0.25) is 5.76 Å². The third-order valence-electron chi connectivity index (χ3n) is 2.26. The molecule has 0 aliphatic rings. The number of hydrogen-bond acceptors (Lipinski definition) is 5. The minimum absolute atomic E-state index is 0.129. The van der Waals surface area contributed by atoms with Crippen LogP contribution in [0.5, 0.6) is 0 Å². The van der Waals surface area contributed by atoms with Gasteiger partial charge in [0, 0.05) is 11.2 Å². The maximum absolute atomic E-state index is 11.3. The Labute approximate surface area is 114 Å². The van der Waals surface area contributed by atoms with Gasteiger partial charge in [0.05, 0.1) is 4.90 Å². The molecule has 0 aliphatic heterocycles. The van der Waals surface area contributed by atoms with Gasteiger partial charge in [-0.15, -0.1) is 0 Å². The number of rotatable bonds is 4. The van der Waals surface area contributed by atoms with E-state index >= 15 is 0 Å². The highest BCUT2D eigenvalue weighted by Crippen LogP contribution is 2.29. The lowest BCUT2D eigenvalue weighted by Crippen LogP contribution is -1.95. The maximum Gasteiger partial charge on any atom is 0.371 e. The van der Waals surface area contributed by atoms with Gasteiger partial charge in [-0.3, -0.25) is 0 Å². The molecular formula is C12H10O5S2. The van der Waals surface area contributed by atoms with Crippen LogP contribution in [0.1, 0.15) is 10.6 Å². The molecule has 0 aliphatic carbocycles. The third kappa shape index (κ3) is 3.39. The van der Waals surface area contributed by atoms with Gasteiger partial charge in [-0.1, -0.05) is 11.8 Å². The van der Waals surface area contributed by atoms with Crippen molar-refractivity contribution in [3.63, 3.8) is 0 Å². The monoisotopic (exact) mass is 298 g/mol. The lowest BCUT2D eigenvalue weighted by atomic mass is 10.4. The van der Waals surface area contributed by atoms with Crippen LogP contribution in [0.15, 0.2) is 55.7 Å². The van der Waals surface area contributed by atoms with Gasteiger partial charge in [0.1, 0.15) is 0 Å². The fourth-order valence-electron chi connectivity index (χ4n) is 1.36. The summed E-state index contributed by atoms with van der Waals surface area (Å²) in [6.07, 6.45) is 1.14. The summed E-state index contributed by atoms with van der Waals surface area (Å²) in [6.45, 7) is 0. The molecule has 0 radical (unpaired) electrons. The number of sulfone groups is 1. The van der Waals surface area contributed by atoms with E-state index in [0.717, 1.165) is 11.2 Å². The average Bonchev–Trinajstić information content (AvgIpc) is 2.77. The molecule has 2 aromatic rings. The molecule has 1 aromatic carbocycles.